The molecule has 0 atom stereocenters. The van der Waals surface area contributed by atoms with Crippen LogP contribution in [0.25, 0.3) is 0 Å². The molecule has 0 spiro atoms. The van der Waals surface area contributed by atoms with Gasteiger partial charge in [-0.2, -0.15) is 0 Å². The van der Waals surface area contributed by atoms with Gasteiger partial charge in [-0.05, 0) is 33.6 Å². The Balaban J connectivity index is 2.15. The monoisotopic (exact) mass is 364 g/mol. The lowest BCUT2D eigenvalue weighted by Crippen LogP contribution is -2.17. The Kier molecular flexibility index (Phi) is 4.90. The Labute approximate surface area is 129 Å². The van der Waals surface area contributed by atoms with E-state index in [1.165, 1.54) is 4.88 Å². The molecule has 0 fully saturated rings. The van der Waals surface area contributed by atoms with Crippen molar-refractivity contribution in [3.63, 3.8) is 0 Å². The summed E-state index contributed by atoms with van der Waals surface area (Å²) >= 11 is 17.1. The summed E-state index contributed by atoms with van der Waals surface area (Å²) in [6, 6.07) is 3.96. The maximum Gasteiger partial charge on any atom is 0.147 e. The zero-order chi connectivity index (χ0) is 13.1. The Morgan fingerprint density at radius 3 is 2.78 bits per heavy atom. The minimum absolute atomic E-state index is 0.425. The normalized spacial score (nSPS) is 10.7. The van der Waals surface area contributed by atoms with Gasteiger partial charge in [0, 0.05) is 33.9 Å². The molecule has 0 N–H and O–H groups in total. The van der Waals surface area contributed by atoms with E-state index in [1.807, 2.05) is 18.0 Å². The molecule has 2 nitrogen and oxygen atoms in total. The number of pyridine rings is 1. The van der Waals surface area contributed by atoms with Crippen LogP contribution in [-0.2, 0) is 12.4 Å². The van der Waals surface area contributed by atoms with Crippen molar-refractivity contribution in [1.29, 1.82) is 0 Å². The van der Waals surface area contributed by atoms with Gasteiger partial charge in [0.05, 0.1) is 11.6 Å². The lowest BCUT2D eigenvalue weighted by molar-refractivity contribution is 0.910. The topological polar surface area (TPSA) is 16.1 Å². The van der Waals surface area contributed by atoms with Crippen LogP contribution in [0.3, 0.4) is 0 Å². The van der Waals surface area contributed by atoms with E-state index in [-0.39, 0.29) is 0 Å². The molecule has 0 amide bonds. The second kappa shape index (κ2) is 6.24. The molecular formula is C12H11BrCl2N2S. The number of thiophene rings is 1. The van der Waals surface area contributed by atoms with E-state index in [4.69, 9.17) is 23.2 Å². The molecule has 0 aliphatic heterocycles. The molecule has 0 aliphatic rings. The lowest BCUT2D eigenvalue weighted by Gasteiger charge is -2.18. The Bertz CT molecular complexity index is 545. The van der Waals surface area contributed by atoms with E-state index in [2.05, 4.69) is 32.4 Å². The molecule has 0 aromatic carbocycles. The first kappa shape index (κ1) is 14.1. The molecule has 0 aliphatic carbocycles. The van der Waals surface area contributed by atoms with Gasteiger partial charge >= 0.3 is 0 Å². The number of rotatable bonds is 4. The van der Waals surface area contributed by atoms with Gasteiger partial charge in [0.1, 0.15) is 5.82 Å². The Morgan fingerprint density at radius 1 is 1.44 bits per heavy atom. The molecule has 6 heteroatoms. The van der Waals surface area contributed by atoms with Gasteiger partial charge in [-0.25, -0.2) is 4.98 Å². The summed E-state index contributed by atoms with van der Waals surface area (Å²) in [6.07, 6.45) is 1.76. The number of hydrogen-bond acceptors (Lipinski definition) is 3. The van der Waals surface area contributed by atoms with Gasteiger partial charge in [0.2, 0.25) is 0 Å². The van der Waals surface area contributed by atoms with Crippen LogP contribution in [0.5, 0.6) is 0 Å². The quantitative estimate of drug-likeness (QED) is 0.713. The third-order valence-electron chi connectivity index (χ3n) is 2.41. The second-order valence-corrected chi connectivity index (χ2v) is 6.46. The molecule has 0 bridgehead atoms. The van der Waals surface area contributed by atoms with Gasteiger partial charge in [-0.15, -0.1) is 22.9 Å². The zero-order valence-corrected chi connectivity index (χ0v) is 13.6. The molecule has 96 valence electrons. The van der Waals surface area contributed by atoms with Gasteiger partial charge < -0.3 is 4.90 Å². The van der Waals surface area contributed by atoms with E-state index in [1.54, 1.807) is 17.5 Å². The summed E-state index contributed by atoms with van der Waals surface area (Å²) in [5.74, 6) is 1.20. The number of halogens is 3. The third-order valence-corrected chi connectivity index (χ3v) is 4.68. The van der Waals surface area contributed by atoms with Crippen molar-refractivity contribution in [1.82, 2.24) is 4.98 Å². The molecule has 0 saturated carbocycles. The highest BCUT2D eigenvalue weighted by Crippen LogP contribution is 2.27. The number of anilines is 1. The minimum Gasteiger partial charge on any atom is -0.353 e. The average molecular weight is 366 g/mol. The highest BCUT2D eigenvalue weighted by atomic mass is 79.9. The first-order valence-electron chi connectivity index (χ1n) is 5.24. The van der Waals surface area contributed by atoms with E-state index in [0.29, 0.717) is 10.9 Å². The second-order valence-electron chi connectivity index (χ2n) is 3.87. The third kappa shape index (κ3) is 3.38. The van der Waals surface area contributed by atoms with Crippen molar-refractivity contribution in [2.75, 3.05) is 11.9 Å². The molecule has 2 aromatic heterocycles. The average Bonchev–Trinajstić information content (AvgIpc) is 2.74. The van der Waals surface area contributed by atoms with Crippen molar-refractivity contribution in [2.45, 2.75) is 12.4 Å². The molecule has 2 rings (SSSR count). The van der Waals surface area contributed by atoms with Crippen LogP contribution in [-0.4, -0.2) is 12.0 Å². The van der Waals surface area contributed by atoms with Crippen molar-refractivity contribution in [2.24, 2.45) is 0 Å². The van der Waals surface area contributed by atoms with E-state index < -0.39 is 0 Å². The van der Waals surface area contributed by atoms with Crippen LogP contribution < -0.4 is 4.90 Å². The summed E-state index contributed by atoms with van der Waals surface area (Å²) in [6.45, 7) is 0.781. The van der Waals surface area contributed by atoms with E-state index >= 15 is 0 Å². The lowest BCUT2D eigenvalue weighted by atomic mass is 10.3. The zero-order valence-electron chi connectivity index (χ0n) is 9.66. The molecule has 0 radical (unpaired) electrons. The fourth-order valence-electron chi connectivity index (χ4n) is 1.57. The van der Waals surface area contributed by atoms with Crippen LogP contribution in [0.15, 0.2) is 28.2 Å². The van der Waals surface area contributed by atoms with E-state index in [0.717, 1.165) is 22.4 Å². The number of alkyl halides is 1. The maximum absolute atomic E-state index is 6.21. The van der Waals surface area contributed by atoms with E-state index in [9.17, 15) is 0 Å². The number of nitrogens with zero attached hydrogens (tertiary/aromatic N) is 2. The summed E-state index contributed by atoms with van der Waals surface area (Å²) in [5.41, 5.74) is 0.928. The van der Waals surface area contributed by atoms with Gasteiger partial charge in [0.25, 0.3) is 0 Å². The van der Waals surface area contributed by atoms with Crippen LogP contribution in [0, 0.1) is 0 Å². The van der Waals surface area contributed by atoms with Gasteiger partial charge in [0.15, 0.2) is 0 Å². The highest BCUT2D eigenvalue weighted by molar-refractivity contribution is 9.10. The largest absolute Gasteiger partial charge is 0.353 e. The molecule has 2 aromatic rings. The summed E-state index contributed by atoms with van der Waals surface area (Å²) in [7, 11) is 1.97. The fraction of sp³-hybridized carbons (Fsp3) is 0.250. The van der Waals surface area contributed by atoms with Crippen LogP contribution in [0.1, 0.15) is 10.4 Å². The van der Waals surface area contributed by atoms with Gasteiger partial charge in [-0.1, -0.05) is 11.6 Å². The molecule has 0 saturated heterocycles. The SMILES string of the molecule is CN(Cc1cc(Br)cs1)c1ncc(CCl)cc1Cl. The molecule has 18 heavy (non-hydrogen) atoms. The van der Waals surface area contributed by atoms with Crippen molar-refractivity contribution in [3.05, 3.63) is 43.6 Å². The standard InChI is InChI=1S/C12H11BrCl2N2S/c1-17(6-10-3-9(13)7-18-10)12-11(15)2-8(4-14)5-16-12/h2-3,5,7H,4,6H2,1H3. The first-order chi connectivity index (χ1) is 8.60. The van der Waals surface area contributed by atoms with Crippen LogP contribution in [0.2, 0.25) is 5.02 Å². The van der Waals surface area contributed by atoms with Gasteiger partial charge in [-0.3, -0.25) is 0 Å². The first-order valence-corrected chi connectivity index (χ1v) is 7.83. The summed E-state index contributed by atoms with van der Waals surface area (Å²) in [5, 5.41) is 2.70. The summed E-state index contributed by atoms with van der Waals surface area (Å²) in [4.78, 5) is 7.63. The van der Waals surface area contributed by atoms with Crippen molar-refractivity contribution < 1.29 is 0 Å². The molecular weight excluding hydrogens is 355 g/mol. The number of hydrogen-bond donors (Lipinski definition) is 0. The fourth-order valence-corrected chi connectivity index (χ4v) is 3.55. The Morgan fingerprint density at radius 2 is 2.22 bits per heavy atom. The molecule has 0 unspecified atom stereocenters. The van der Waals surface area contributed by atoms with Crippen molar-refractivity contribution >= 4 is 56.3 Å². The number of aromatic nitrogens is 1. The predicted octanol–water partition coefficient (Wildman–Crippen LogP) is 4.93. The summed E-state index contributed by atoms with van der Waals surface area (Å²) < 4.78 is 1.10. The maximum atomic E-state index is 6.21. The molecule has 2 heterocycles. The highest BCUT2D eigenvalue weighted by Gasteiger charge is 2.10. The Hall–Kier alpha value is -0.290. The van der Waals surface area contributed by atoms with Crippen molar-refractivity contribution in [3.8, 4) is 0 Å². The smallest absolute Gasteiger partial charge is 0.147 e. The van der Waals surface area contributed by atoms with Crippen LogP contribution in [0.4, 0.5) is 5.82 Å². The predicted molar refractivity (Wildman–Crippen MR) is 82.9 cm³/mol. The van der Waals surface area contributed by atoms with Crippen LogP contribution >= 0.6 is 50.5 Å². The minimum atomic E-state index is 0.425.